The molecule has 0 radical (unpaired) electrons. The van der Waals surface area contributed by atoms with E-state index >= 15 is 0 Å². The van der Waals surface area contributed by atoms with Crippen LogP contribution in [0.2, 0.25) is 0 Å². The standard InChI is InChI=1S/C15H21BrClNO2S/c1-11-3-6-13(7-4-11)18(2)21(19,20)15-9-12(10-17)5-8-14(15)16/h5,8-9,11,13H,3-4,6-7,10H2,1-2H3. The van der Waals surface area contributed by atoms with Crippen LogP contribution >= 0.6 is 27.5 Å². The molecule has 6 heteroatoms. The van der Waals surface area contributed by atoms with Crippen LogP contribution in [0, 0.1) is 5.92 Å². The van der Waals surface area contributed by atoms with E-state index in [0.717, 1.165) is 31.2 Å². The number of rotatable bonds is 4. The molecular weight excluding hydrogens is 374 g/mol. The molecule has 1 aromatic carbocycles. The average Bonchev–Trinajstić information content (AvgIpc) is 2.47. The summed E-state index contributed by atoms with van der Waals surface area (Å²) in [5.74, 6) is 1.00. The van der Waals surface area contributed by atoms with Gasteiger partial charge in [0.1, 0.15) is 0 Å². The van der Waals surface area contributed by atoms with Gasteiger partial charge in [0.2, 0.25) is 10.0 Å². The van der Waals surface area contributed by atoms with Gasteiger partial charge in [0.05, 0.1) is 4.90 Å². The Morgan fingerprint density at radius 3 is 2.48 bits per heavy atom. The fourth-order valence-corrected chi connectivity index (χ4v) is 5.34. The van der Waals surface area contributed by atoms with Gasteiger partial charge in [-0.05, 0) is 65.2 Å². The highest BCUT2D eigenvalue weighted by molar-refractivity contribution is 9.10. The van der Waals surface area contributed by atoms with Crippen molar-refractivity contribution < 1.29 is 8.42 Å². The van der Waals surface area contributed by atoms with Crippen molar-refractivity contribution in [1.82, 2.24) is 4.31 Å². The van der Waals surface area contributed by atoms with Crippen LogP contribution in [-0.4, -0.2) is 25.8 Å². The van der Waals surface area contributed by atoms with E-state index in [2.05, 4.69) is 22.9 Å². The fourth-order valence-electron chi connectivity index (χ4n) is 2.79. The first-order chi connectivity index (χ1) is 9.86. The third-order valence-corrected chi connectivity index (χ3v) is 7.52. The third-order valence-electron chi connectivity index (χ3n) is 4.31. The summed E-state index contributed by atoms with van der Waals surface area (Å²) in [6.07, 6.45) is 4.05. The Morgan fingerprint density at radius 1 is 1.29 bits per heavy atom. The van der Waals surface area contributed by atoms with Crippen molar-refractivity contribution in [2.75, 3.05) is 7.05 Å². The predicted molar refractivity (Wildman–Crippen MR) is 90.1 cm³/mol. The van der Waals surface area contributed by atoms with Crippen LogP contribution in [0.1, 0.15) is 38.2 Å². The summed E-state index contributed by atoms with van der Waals surface area (Å²) < 4.78 is 27.8. The second-order valence-electron chi connectivity index (χ2n) is 5.83. The molecule has 0 saturated heterocycles. The van der Waals surface area contributed by atoms with Crippen LogP contribution in [0.4, 0.5) is 0 Å². The van der Waals surface area contributed by atoms with Gasteiger partial charge >= 0.3 is 0 Å². The molecule has 1 aliphatic rings. The molecule has 1 fully saturated rings. The van der Waals surface area contributed by atoms with E-state index in [-0.39, 0.29) is 6.04 Å². The first-order valence-electron chi connectivity index (χ1n) is 7.18. The number of hydrogen-bond donors (Lipinski definition) is 0. The van der Waals surface area contributed by atoms with E-state index in [9.17, 15) is 8.42 Å². The lowest BCUT2D eigenvalue weighted by Crippen LogP contribution is -2.39. The maximum Gasteiger partial charge on any atom is 0.244 e. The Kier molecular flexibility index (Phi) is 5.74. The molecule has 21 heavy (non-hydrogen) atoms. The molecule has 3 nitrogen and oxygen atoms in total. The van der Waals surface area contributed by atoms with E-state index in [1.165, 1.54) is 4.31 Å². The molecule has 0 atom stereocenters. The van der Waals surface area contributed by atoms with Gasteiger partial charge in [-0.25, -0.2) is 8.42 Å². The van der Waals surface area contributed by atoms with E-state index in [1.54, 1.807) is 19.2 Å². The van der Waals surface area contributed by atoms with Crippen LogP contribution in [0.5, 0.6) is 0 Å². The number of alkyl halides is 1. The Bertz CT molecular complexity index is 598. The van der Waals surface area contributed by atoms with Gasteiger partial charge in [0.25, 0.3) is 0 Å². The SMILES string of the molecule is CC1CCC(N(C)S(=O)(=O)c2cc(CCl)ccc2Br)CC1. The number of benzene rings is 1. The minimum absolute atomic E-state index is 0.0951. The average molecular weight is 395 g/mol. The summed E-state index contributed by atoms with van der Waals surface area (Å²) in [6.45, 7) is 2.23. The molecular formula is C15H21BrClNO2S. The van der Waals surface area contributed by atoms with Gasteiger partial charge in [-0.2, -0.15) is 4.31 Å². The Morgan fingerprint density at radius 2 is 1.90 bits per heavy atom. The molecule has 0 heterocycles. The lowest BCUT2D eigenvalue weighted by molar-refractivity contribution is 0.246. The summed E-state index contributed by atoms with van der Waals surface area (Å²) in [7, 11) is -1.80. The Hall–Kier alpha value is -0.100. The van der Waals surface area contributed by atoms with Crippen molar-refractivity contribution in [2.24, 2.45) is 5.92 Å². The van der Waals surface area contributed by atoms with Crippen LogP contribution < -0.4 is 0 Å². The van der Waals surface area contributed by atoms with Crippen molar-refractivity contribution in [2.45, 2.75) is 49.4 Å². The molecule has 1 aliphatic carbocycles. The minimum atomic E-state index is -3.49. The zero-order valence-electron chi connectivity index (χ0n) is 12.4. The van der Waals surface area contributed by atoms with Crippen molar-refractivity contribution in [3.63, 3.8) is 0 Å². The quantitative estimate of drug-likeness (QED) is 0.710. The molecule has 118 valence electrons. The van der Waals surface area contributed by atoms with Gasteiger partial charge in [0, 0.05) is 23.4 Å². The maximum atomic E-state index is 12.9. The Labute approximate surface area is 140 Å². The first-order valence-corrected chi connectivity index (χ1v) is 9.95. The van der Waals surface area contributed by atoms with Gasteiger partial charge in [-0.3, -0.25) is 0 Å². The largest absolute Gasteiger partial charge is 0.244 e. The van der Waals surface area contributed by atoms with E-state index in [1.807, 2.05) is 6.07 Å². The third kappa shape index (κ3) is 3.81. The molecule has 0 spiro atoms. The van der Waals surface area contributed by atoms with Gasteiger partial charge in [-0.1, -0.05) is 13.0 Å². The molecule has 0 unspecified atom stereocenters. The molecule has 0 amide bonds. The maximum absolute atomic E-state index is 12.9. The van der Waals surface area contributed by atoms with Crippen molar-refractivity contribution >= 4 is 37.6 Å². The highest BCUT2D eigenvalue weighted by atomic mass is 79.9. The molecule has 0 bridgehead atoms. The van der Waals surface area contributed by atoms with Crippen LogP contribution in [0.3, 0.4) is 0 Å². The topological polar surface area (TPSA) is 37.4 Å². The fraction of sp³-hybridized carbons (Fsp3) is 0.600. The molecule has 0 aromatic heterocycles. The lowest BCUT2D eigenvalue weighted by Gasteiger charge is -2.33. The van der Waals surface area contributed by atoms with Crippen molar-refractivity contribution in [1.29, 1.82) is 0 Å². The van der Waals surface area contributed by atoms with E-state index in [0.29, 0.717) is 21.2 Å². The van der Waals surface area contributed by atoms with Gasteiger partial charge < -0.3 is 0 Å². The molecule has 2 rings (SSSR count). The number of halogens is 2. The van der Waals surface area contributed by atoms with Crippen LogP contribution in [0.25, 0.3) is 0 Å². The van der Waals surface area contributed by atoms with Crippen LogP contribution in [0.15, 0.2) is 27.6 Å². The monoisotopic (exact) mass is 393 g/mol. The second-order valence-corrected chi connectivity index (χ2v) is 8.92. The lowest BCUT2D eigenvalue weighted by atomic mass is 9.87. The summed E-state index contributed by atoms with van der Waals surface area (Å²) in [5.41, 5.74) is 0.809. The highest BCUT2D eigenvalue weighted by Crippen LogP contribution is 2.32. The normalized spacial score (nSPS) is 23.5. The first kappa shape index (κ1) is 17.3. The predicted octanol–water partition coefficient (Wildman–Crippen LogP) is 4.39. The second kappa shape index (κ2) is 6.99. The summed E-state index contributed by atoms with van der Waals surface area (Å²) in [5, 5.41) is 0. The summed E-state index contributed by atoms with van der Waals surface area (Å²) in [6, 6.07) is 5.34. The van der Waals surface area contributed by atoms with Gasteiger partial charge in [-0.15, -0.1) is 11.6 Å². The van der Waals surface area contributed by atoms with Crippen molar-refractivity contribution in [3.05, 3.63) is 28.2 Å². The number of sulfonamides is 1. The smallest absolute Gasteiger partial charge is 0.207 e. The zero-order chi connectivity index (χ0) is 15.6. The number of hydrogen-bond acceptors (Lipinski definition) is 2. The zero-order valence-corrected chi connectivity index (χ0v) is 15.5. The van der Waals surface area contributed by atoms with Gasteiger partial charge in [0.15, 0.2) is 0 Å². The van der Waals surface area contributed by atoms with E-state index < -0.39 is 10.0 Å². The number of nitrogens with zero attached hydrogens (tertiary/aromatic N) is 1. The highest BCUT2D eigenvalue weighted by Gasteiger charge is 2.31. The van der Waals surface area contributed by atoms with Crippen molar-refractivity contribution in [3.8, 4) is 0 Å². The molecule has 1 saturated carbocycles. The van der Waals surface area contributed by atoms with E-state index in [4.69, 9.17) is 11.6 Å². The molecule has 0 aliphatic heterocycles. The molecule has 1 aromatic rings. The summed E-state index contributed by atoms with van der Waals surface area (Å²) in [4.78, 5) is 0.307. The Balaban J connectivity index is 2.29. The van der Waals surface area contributed by atoms with Crippen LogP contribution in [-0.2, 0) is 15.9 Å². The molecule has 0 N–H and O–H groups in total. The summed E-state index contributed by atoms with van der Waals surface area (Å²) >= 11 is 9.17. The minimum Gasteiger partial charge on any atom is -0.207 e.